The van der Waals surface area contributed by atoms with Gasteiger partial charge in [0.1, 0.15) is 12.3 Å². The lowest BCUT2D eigenvalue weighted by atomic mass is 10.1. The normalized spacial score (nSPS) is 12.1. The minimum absolute atomic E-state index is 0.127. The summed E-state index contributed by atoms with van der Waals surface area (Å²) in [6, 6.07) is 21.7. The molecule has 9 nitrogen and oxygen atoms in total. The van der Waals surface area contributed by atoms with Gasteiger partial charge in [-0.25, -0.2) is 13.8 Å². The summed E-state index contributed by atoms with van der Waals surface area (Å²) in [4.78, 5) is 24.6. The summed E-state index contributed by atoms with van der Waals surface area (Å²) in [5.41, 5.74) is 6.11. The number of carbonyl (C=O) groups is 2. The zero-order chi connectivity index (χ0) is 27.7. The van der Waals surface area contributed by atoms with Gasteiger partial charge in [0.15, 0.2) is 6.61 Å². The first-order chi connectivity index (χ1) is 18.0. The minimum Gasteiger partial charge on any atom is -0.484 e. The number of nitrogens with one attached hydrogen (secondary N) is 2. The van der Waals surface area contributed by atoms with Crippen molar-refractivity contribution in [2.45, 2.75) is 26.8 Å². The van der Waals surface area contributed by atoms with Crippen LogP contribution in [0.25, 0.3) is 0 Å². The predicted molar refractivity (Wildman–Crippen MR) is 149 cm³/mol. The van der Waals surface area contributed by atoms with E-state index >= 15 is 0 Å². The van der Waals surface area contributed by atoms with Gasteiger partial charge in [-0.3, -0.25) is 13.9 Å². The molecule has 2 amide bonds. The molecule has 10 heteroatoms. The van der Waals surface area contributed by atoms with Crippen LogP contribution in [0, 0.1) is 13.8 Å². The summed E-state index contributed by atoms with van der Waals surface area (Å²) in [5, 5.41) is 6.81. The summed E-state index contributed by atoms with van der Waals surface area (Å²) in [5.74, 6) is -0.312. The number of anilines is 1. The van der Waals surface area contributed by atoms with Crippen molar-refractivity contribution in [1.29, 1.82) is 0 Å². The molecule has 0 bridgehead atoms. The van der Waals surface area contributed by atoms with Gasteiger partial charge >= 0.3 is 0 Å². The smallest absolute Gasteiger partial charge is 0.260 e. The van der Waals surface area contributed by atoms with Crippen molar-refractivity contribution < 1.29 is 22.7 Å². The number of ether oxygens (including phenoxy) is 1. The van der Waals surface area contributed by atoms with Crippen LogP contribution in [0.4, 0.5) is 5.69 Å². The van der Waals surface area contributed by atoms with Crippen molar-refractivity contribution in [1.82, 2.24) is 10.7 Å². The summed E-state index contributed by atoms with van der Waals surface area (Å²) in [7, 11) is -3.69. The highest BCUT2D eigenvalue weighted by molar-refractivity contribution is 7.92. The Labute approximate surface area is 223 Å². The Morgan fingerprint density at radius 2 is 1.68 bits per heavy atom. The third-order valence-electron chi connectivity index (χ3n) is 5.65. The van der Waals surface area contributed by atoms with Crippen LogP contribution >= 0.6 is 0 Å². The fourth-order valence-corrected chi connectivity index (χ4v) is 4.53. The highest BCUT2D eigenvalue weighted by Gasteiger charge is 2.22. The van der Waals surface area contributed by atoms with Gasteiger partial charge in [0.2, 0.25) is 10.0 Å². The average molecular weight is 537 g/mol. The van der Waals surface area contributed by atoms with Crippen molar-refractivity contribution in [2.24, 2.45) is 5.10 Å². The standard InChI is InChI=1S/C28H32N4O5S/c1-20-10-11-21(2)26(16-20)32(38(4,35)36)18-27(33)31-29-17-23-12-14-25(15-13-23)37-19-28(34)30-22(3)24-8-6-5-7-9-24/h5-17,22H,18-19H2,1-4H3,(H,30,34)(H,31,33)/b29-17+. The van der Waals surface area contributed by atoms with Crippen LogP contribution in [0.1, 0.15) is 35.2 Å². The van der Waals surface area contributed by atoms with E-state index in [1.807, 2.05) is 56.3 Å². The number of nitrogens with zero attached hydrogens (tertiary/aromatic N) is 2. The van der Waals surface area contributed by atoms with Crippen molar-refractivity contribution in [2.75, 3.05) is 23.7 Å². The monoisotopic (exact) mass is 536 g/mol. The molecule has 3 aromatic carbocycles. The van der Waals surface area contributed by atoms with Gasteiger partial charge in [0.05, 0.1) is 24.2 Å². The Hall–Kier alpha value is -4.18. The van der Waals surface area contributed by atoms with E-state index in [0.29, 0.717) is 17.0 Å². The topological polar surface area (TPSA) is 117 Å². The first-order valence-electron chi connectivity index (χ1n) is 12.0. The van der Waals surface area contributed by atoms with Gasteiger partial charge in [-0.1, -0.05) is 42.5 Å². The number of benzene rings is 3. The highest BCUT2D eigenvalue weighted by atomic mass is 32.2. The van der Waals surface area contributed by atoms with Gasteiger partial charge in [0, 0.05) is 0 Å². The quantitative estimate of drug-likeness (QED) is 0.288. The Balaban J connectivity index is 1.50. The first kappa shape index (κ1) is 28.4. The average Bonchev–Trinajstić information content (AvgIpc) is 2.88. The van der Waals surface area contributed by atoms with Crippen LogP contribution in [0.3, 0.4) is 0 Å². The number of rotatable bonds is 11. The van der Waals surface area contributed by atoms with Gasteiger partial charge in [0.25, 0.3) is 11.8 Å². The zero-order valence-corrected chi connectivity index (χ0v) is 22.7. The number of hydrogen-bond acceptors (Lipinski definition) is 6. The molecule has 0 aliphatic rings. The Kier molecular flexibility index (Phi) is 9.61. The molecule has 1 atom stereocenters. The van der Waals surface area contributed by atoms with Crippen molar-refractivity contribution in [3.8, 4) is 5.75 Å². The molecule has 3 aromatic rings. The lowest BCUT2D eigenvalue weighted by molar-refractivity contribution is -0.123. The van der Waals surface area contributed by atoms with E-state index in [4.69, 9.17) is 4.74 Å². The second-order valence-corrected chi connectivity index (χ2v) is 10.8. The molecule has 0 radical (unpaired) electrons. The van der Waals surface area contributed by atoms with Crippen LogP contribution in [0.5, 0.6) is 5.75 Å². The largest absolute Gasteiger partial charge is 0.484 e. The summed E-state index contributed by atoms with van der Waals surface area (Å²) < 4.78 is 31.3. The minimum atomic E-state index is -3.69. The van der Waals surface area contributed by atoms with Crippen LogP contribution in [-0.2, 0) is 19.6 Å². The van der Waals surface area contributed by atoms with Gasteiger partial charge in [-0.2, -0.15) is 5.10 Å². The molecule has 2 N–H and O–H groups in total. The molecular formula is C28H32N4O5S. The molecule has 38 heavy (non-hydrogen) atoms. The molecule has 0 aliphatic carbocycles. The predicted octanol–water partition coefficient (Wildman–Crippen LogP) is 3.48. The molecule has 0 saturated heterocycles. The Morgan fingerprint density at radius 1 is 1.00 bits per heavy atom. The van der Waals surface area contributed by atoms with Crippen LogP contribution in [0.2, 0.25) is 0 Å². The van der Waals surface area contributed by atoms with Crippen LogP contribution < -0.4 is 19.8 Å². The maximum Gasteiger partial charge on any atom is 0.260 e. The third kappa shape index (κ3) is 8.45. The van der Waals surface area contributed by atoms with E-state index in [9.17, 15) is 18.0 Å². The fourth-order valence-electron chi connectivity index (χ4n) is 3.62. The first-order valence-corrected chi connectivity index (χ1v) is 13.8. The van der Waals surface area contributed by atoms with E-state index in [2.05, 4.69) is 15.8 Å². The summed E-state index contributed by atoms with van der Waals surface area (Å²) in [6.45, 7) is 5.01. The molecule has 0 spiro atoms. The zero-order valence-electron chi connectivity index (χ0n) is 21.8. The second-order valence-electron chi connectivity index (χ2n) is 8.91. The lowest BCUT2D eigenvalue weighted by Crippen LogP contribution is -2.39. The maximum absolute atomic E-state index is 12.4. The number of hydrazone groups is 1. The summed E-state index contributed by atoms with van der Waals surface area (Å²) in [6.07, 6.45) is 2.49. The van der Waals surface area contributed by atoms with Crippen LogP contribution in [-0.4, -0.2) is 45.9 Å². The van der Waals surface area contributed by atoms with Crippen molar-refractivity contribution in [3.63, 3.8) is 0 Å². The molecule has 0 saturated carbocycles. The second kappa shape index (κ2) is 12.9. The van der Waals surface area contributed by atoms with E-state index in [1.165, 1.54) is 6.21 Å². The van der Waals surface area contributed by atoms with Crippen LogP contribution in [0.15, 0.2) is 77.9 Å². The molecule has 0 fully saturated rings. The Morgan fingerprint density at radius 3 is 2.34 bits per heavy atom. The lowest BCUT2D eigenvalue weighted by Gasteiger charge is -2.23. The van der Waals surface area contributed by atoms with Crippen molar-refractivity contribution >= 4 is 33.7 Å². The molecule has 0 heterocycles. The highest BCUT2D eigenvalue weighted by Crippen LogP contribution is 2.23. The Bertz CT molecular complexity index is 1390. The number of hydrogen-bond donors (Lipinski definition) is 2. The molecule has 200 valence electrons. The van der Waals surface area contributed by atoms with E-state index in [-0.39, 0.29) is 18.6 Å². The number of carbonyl (C=O) groups excluding carboxylic acids is 2. The number of aryl methyl sites for hydroxylation is 2. The number of sulfonamides is 1. The summed E-state index contributed by atoms with van der Waals surface area (Å²) >= 11 is 0. The van der Waals surface area contributed by atoms with E-state index < -0.39 is 22.5 Å². The SMILES string of the molecule is Cc1ccc(C)c(N(CC(=O)N/N=C/c2ccc(OCC(=O)NC(C)c3ccccc3)cc2)S(C)(=O)=O)c1. The molecule has 3 rings (SSSR count). The van der Waals surface area contributed by atoms with Gasteiger partial charge in [-0.05, 0) is 73.4 Å². The molecule has 0 aromatic heterocycles. The fraction of sp³-hybridized carbons (Fsp3) is 0.250. The van der Waals surface area contributed by atoms with Gasteiger partial charge in [-0.15, -0.1) is 0 Å². The third-order valence-corrected chi connectivity index (χ3v) is 6.78. The molecular weight excluding hydrogens is 504 g/mol. The molecule has 1 unspecified atom stereocenters. The number of amides is 2. The van der Waals surface area contributed by atoms with E-state index in [1.54, 1.807) is 37.3 Å². The van der Waals surface area contributed by atoms with Crippen molar-refractivity contribution in [3.05, 3.63) is 95.1 Å². The van der Waals surface area contributed by atoms with E-state index in [0.717, 1.165) is 27.3 Å². The molecule has 0 aliphatic heterocycles. The van der Waals surface area contributed by atoms with Gasteiger partial charge < -0.3 is 10.1 Å². The maximum atomic E-state index is 12.4.